The number of unbranched alkanes of at least 4 members (excludes halogenated alkanes) is 40. The van der Waals surface area contributed by atoms with Crippen LogP contribution in [0, 0.1) is 0 Å². The van der Waals surface area contributed by atoms with Crippen molar-refractivity contribution in [2.24, 2.45) is 0 Å². The number of ether oxygens (including phenoxy) is 4. The van der Waals surface area contributed by atoms with Crippen LogP contribution < -0.4 is 0 Å². The predicted octanol–water partition coefficient (Wildman–Crippen LogP) is 18.3. The quantitative estimate of drug-likeness (QED) is 0.0222. The molecule has 498 valence electrons. The van der Waals surface area contributed by atoms with Gasteiger partial charge in [-0.15, -0.1) is 0 Å². The van der Waals surface area contributed by atoms with Crippen LogP contribution in [-0.4, -0.2) is 96.7 Å². The number of esters is 4. The Labute approximate surface area is 511 Å². The van der Waals surface area contributed by atoms with E-state index in [9.17, 15) is 43.2 Å². The number of rotatable bonds is 66. The summed E-state index contributed by atoms with van der Waals surface area (Å²) in [5.41, 5.74) is 0. The Kier molecular flexibility index (Phi) is 58.6. The van der Waals surface area contributed by atoms with E-state index in [-0.39, 0.29) is 25.7 Å². The summed E-state index contributed by atoms with van der Waals surface area (Å²) in [5, 5.41) is 10.5. The number of aliphatic hydroxyl groups excluding tert-OH is 1. The molecule has 0 aliphatic heterocycles. The average molecular weight is 1240 g/mol. The topological polar surface area (TPSA) is 237 Å². The van der Waals surface area contributed by atoms with Crippen molar-refractivity contribution in [3.63, 3.8) is 0 Å². The highest BCUT2D eigenvalue weighted by Gasteiger charge is 2.30. The number of phosphoric acid groups is 2. The first kappa shape index (κ1) is 82.1. The van der Waals surface area contributed by atoms with Crippen LogP contribution in [0.3, 0.4) is 0 Å². The predicted molar refractivity (Wildman–Crippen MR) is 335 cm³/mol. The second-order valence-corrected chi connectivity index (χ2v) is 26.4. The lowest BCUT2D eigenvalue weighted by atomic mass is 10.0. The smallest absolute Gasteiger partial charge is 0.462 e. The second-order valence-electron chi connectivity index (χ2n) is 23.5. The normalized spacial score (nSPS) is 14.1. The minimum atomic E-state index is -4.94. The van der Waals surface area contributed by atoms with Crippen molar-refractivity contribution in [3.8, 4) is 0 Å². The minimum Gasteiger partial charge on any atom is -0.462 e. The van der Waals surface area contributed by atoms with Crippen LogP contribution in [0.4, 0.5) is 0 Å². The summed E-state index contributed by atoms with van der Waals surface area (Å²) in [7, 11) is -9.88. The van der Waals surface area contributed by atoms with Crippen LogP contribution in [0.1, 0.15) is 336 Å². The highest BCUT2D eigenvalue weighted by Crippen LogP contribution is 2.45. The molecule has 0 bridgehead atoms. The average Bonchev–Trinajstić information content (AvgIpc) is 3.50. The molecule has 84 heavy (non-hydrogen) atoms. The second kappa shape index (κ2) is 60.0. The summed E-state index contributed by atoms with van der Waals surface area (Å²) in [5.74, 6) is -2.14. The lowest BCUT2D eigenvalue weighted by Gasteiger charge is -2.21. The molecular weight excluding hydrogens is 1110 g/mol. The Morgan fingerprint density at radius 2 is 0.476 bits per heavy atom. The van der Waals surface area contributed by atoms with Gasteiger partial charge in [0.1, 0.15) is 19.3 Å². The highest BCUT2D eigenvalue weighted by atomic mass is 31.2. The third kappa shape index (κ3) is 59.0. The number of aliphatic hydroxyl groups is 1. The Balaban J connectivity index is 5.16. The molecule has 19 heteroatoms. The van der Waals surface area contributed by atoms with E-state index in [1.54, 1.807) is 0 Å². The Morgan fingerprint density at radius 1 is 0.286 bits per heavy atom. The Morgan fingerprint density at radius 3 is 0.702 bits per heavy atom. The fourth-order valence-corrected chi connectivity index (χ4v) is 11.4. The van der Waals surface area contributed by atoms with Gasteiger partial charge in [0.15, 0.2) is 12.2 Å². The molecule has 0 saturated heterocycles. The molecule has 17 nitrogen and oxygen atoms in total. The van der Waals surface area contributed by atoms with Crippen molar-refractivity contribution in [1.29, 1.82) is 0 Å². The van der Waals surface area contributed by atoms with E-state index < -0.39 is 97.5 Å². The molecule has 0 amide bonds. The van der Waals surface area contributed by atoms with Gasteiger partial charge < -0.3 is 33.8 Å². The zero-order chi connectivity index (χ0) is 61.9. The Bertz CT molecular complexity index is 1620. The van der Waals surface area contributed by atoms with Gasteiger partial charge >= 0.3 is 39.5 Å². The Hall–Kier alpha value is -1.94. The molecule has 0 aliphatic carbocycles. The van der Waals surface area contributed by atoms with Crippen LogP contribution in [0.25, 0.3) is 0 Å². The molecule has 0 aromatic heterocycles. The molecular formula is C65H126O17P2. The summed E-state index contributed by atoms with van der Waals surface area (Å²) in [6.45, 7) is 4.82. The van der Waals surface area contributed by atoms with Gasteiger partial charge in [-0.1, -0.05) is 285 Å². The molecule has 3 N–H and O–H groups in total. The van der Waals surface area contributed by atoms with E-state index in [0.717, 1.165) is 96.3 Å². The van der Waals surface area contributed by atoms with Gasteiger partial charge in [0.2, 0.25) is 0 Å². The first-order valence-corrected chi connectivity index (χ1v) is 37.3. The molecule has 0 saturated carbocycles. The standard InChI is InChI=1S/C65H126O17P2/c1-5-9-13-17-20-23-26-28-30-32-34-37-40-44-48-52-65(70)82-61(56-76-63(68)50-46-42-38-36-33-31-29-27-24-21-18-14-10-6-2)58-80-84(73,74)78-54-59(66)53-77-83(71,72)79-57-60(55-75-62(67)49-45-41-16-12-8-4)81-64(69)51-47-43-39-35-25-22-19-15-11-7-3/h59-61,66H,5-58H2,1-4H3,(H,71,72)(H,73,74)/t59-,60+,61+/m0/s1. The number of carbonyl (C=O) groups is 4. The summed E-state index contributed by atoms with van der Waals surface area (Å²) < 4.78 is 67.9. The van der Waals surface area contributed by atoms with Crippen LogP contribution in [0.5, 0.6) is 0 Å². The molecule has 0 heterocycles. The van der Waals surface area contributed by atoms with Crippen LogP contribution >= 0.6 is 15.6 Å². The molecule has 0 aromatic carbocycles. The lowest BCUT2D eigenvalue weighted by Crippen LogP contribution is -2.30. The highest BCUT2D eigenvalue weighted by molar-refractivity contribution is 7.47. The third-order valence-corrected chi connectivity index (χ3v) is 17.0. The molecule has 5 atom stereocenters. The third-order valence-electron chi connectivity index (χ3n) is 15.1. The molecule has 0 spiro atoms. The van der Waals surface area contributed by atoms with Crippen molar-refractivity contribution in [1.82, 2.24) is 0 Å². The summed E-state index contributed by atoms with van der Waals surface area (Å²) in [6.07, 6.45) is 46.1. The van der Waals surface area contributed by atoms with E-state index in [4.69, 9.17) is 37.0 Å². The van der Waals surface area contributed by atoms with Gasteiger partial charge in [-0.05, 0) is 25.7 Å². The first-order valence-electron chi connectivity index (χ1n) is 34.3. The van der Waals surface area contributed by atoms with E-state index in [0.29, 0.717) is 25.7 Å². The largest absolute Gasteiger partial charge is 0.472 e. The lowest BCUT2D eigenvalue weighted by molar-refractivity contribution is -0.161. The van der Waals surface area contributed by atoms with Gasteiger partial charge in [-0.25, -0.2) is 9.13 Å². The molecule has 0 aliphatic rings. The molecule has 0 aromatic rings. The molecule has 0 fully saturated rings. The van der Waals surface area contributed by atoms with E-state index in [1.165, 1.54) is 161 Å². The molecule has 0 radical (unpaired) electrons. The van der Waals surface area contributed by atoms with Crippen LogP contribution in [0.15, 0.2) is 0 Å². The van der Waals surface area contributed by atoms with Crippen molar-refractivity contribution < 1.29 is 80.2 Å². The summed E-state index contributed by atoms with van der Waals surface area (Å²) in [6, 6.07) is 0. The van der Waals surface area contributed by atoms with Crippen LogP contribution in [-0.2, 0) is 65.4 Å². The fourth-order valence-electron chi connectivity index (χ4n) is 9.81. The minimum absolute atomic E-state index is 0.106. The summed E-state index contributed by atoms with van der Waals surface area (Å²) in [4.78, 5) is 72.0. The van der Waals surface area contributed by atoms with Gasteiger partial charge in [-0.3, -0.25) is 37.3 Å². The number of carbonyl (C=O) groups excluding carboxylic acids is 4. The van der Waals surface area contributed by atoms with Gasteiger partial charge in [0.25, 0.3) is 0 Å². The first-order chi connectivity index (χ1) is 40.7. The van der Waals surface area contributed by atoms with E-state index in [1.807, 2.05) is 0 Å². The van der Waals surface area contributed by atoms with Crippen LogP contribution in [0.2, 0.25) is 0 Å². The van der Waals surface area contributed by atoms with Gasteiger partial charge in [0.05, 0.1) is 26.4 Å². The van der Waals surface area contributed by atoms with Crippen molar-refractivity contribution in [2.75, 3.05) is 39.6 Å². The van der Waals surface area contributed by atoms with Crippen molar-refractivity contribution in [3.05, 3.63) is 0 Å². The number of hydrogen-bond acceptors (Lipinski definition) is 15. The molecule has 2 unspecified atom stereocenters. The number of phosphoric ester groups is 2. The SMILES string of the molecule is CCCCCCCCCCCCCCCCCC(=O)O[C@H](COC(=O)CCCCCCCCCCCCCCCC)COP(=O)(O)OC[C@@H](O)COP(=O)(O)OC[C@@H](COC(=O)CCCCCCC)OC(=O)CCCCCCCCCCCC. The van der Waals surface area contributed by atoms with E-state index in [2.05, 4.69) is 27.7 Å². The zero-order valence-electron chi connectivity index (χ0n) is 53.9. The monoisotopic (exact) mass is 1240 g/mol. The molecule has 0 rings (SSSR count). The summed E-state index contributed by atoms with van der Waals surface area (Å²) >= 11 is 0. The maximum Gasteiger partial charge on any atom is 0.472 e. The van der Waals surface area contributed by atoms with Gasteiger partial charge in [-0.2, -0.15) is 0 Å². The maximum atomic E-state index is 13.0. The number of hydrogen-bond donors (Lipinski definition) is 3. The zero-order valence-corrected chi connectivity index (χ0v) is 55.7. The fraction of sp³-hybridized carbons (Fsp3) is 0.938. The van der Waals surface area contributed by atoms with Crippen molar-refractivity contribution in [2.45, 2.75) is 354 Å². The van der Waals surface area contributed by atoms with E-state index >= 15 is 0 Å². The van der Waals surface area contributed by atoms with Gasteiger partial charge in [0, 0.05) is 25.7 Å². The van der Waals surface area contributed by atoms with Crippen molar-refractivity contribution >= 4 is 39.5 Å². The maximum absolute atomic E-state index is 13.0.